The van der Waals surface area contributed by atoms with Gasteiger partial charge in [-0.2, -0.15) is 0 Å². The van der Waals surface area contributed by atoms with Gasteiger partial charge in [0, 0.05) is 17.1 Å². The summed E-state index contributed by atoms with van der Waals surface area (Å²) in [4.78, 5) is 14.6. The summed E-state index contributed by atoms with van der Waals surface area (Å²) >= 11 is 1.20. The maximum Gasteiger partial charge on any atom is 0.263 e. The molecule has 22 heavy (non-hydrogen) atoms. The Hall–Kier alpha value is -2.45. The molecule has 0 amide bonds. The first kappa shape index (κ1) is 14.5. The van der Waals surface area contributed by atoms with Crippen LogP contribution < -0.4 is 4.72 Å². The predicted octanol–water partition coefficient (Wildman–Crippen LogP) is 3.02. The van der Waals surface area contributed by atoms with Gasteiger partial charge in [0.2, 0.25) is 0 Å². The van der Waals surface area contributed by atoms with Gasteiger partial charge in [0.1, 0.15) is 5.76 Å². The third-order valence-electron chi connectivity index (χ3n) is 2.85. The van der Waals surface area contributed by atoms with Crippen molar-refractivity contribution in [2.24, 2.45) is 0 Å². The smallest absolute Gasteiger partial charge is 0.263 e. The van der Waals surface area contributed by atoms with Crippen LogP contribution in [0.3, 0.4) is 0 Å². The summed E-state index contributed by atoms with van der Waals surface area (Å²) in [5.41, 5.74) is 0.682. The van der Waals surface area contributed by atoms with Crippen LogP contribution in [-0.2, 0) is 10.0 Å². The second kappa shape index (κ2) is 5.74. The Bertz CT molecular complexity index is 881. The molecule has 0 aliphatic rings. The minimum absolute atomic E-state index is 0.119. The molecule has 8 heteroatoms. The molecule has 1 aromatic carbocycles. The molecule has 0 fully saturated rings. The SMILES string of the molecule is O=Cc1ccc(-c2ccc(S(=O)(=O)Nc3nccs3)cc2)o1. The molecular weight excluding hydrogens is 324 g/mol. The number of aromatic nitrogens is 1. The van der Waals surface area contributed by atoms with Gasteiger partial charge in [-0.3, -0.25) is 9.52 Å². The van der Waals surface area contributed by atoms with E-state index in [9.17, 15) is 13.2 Å². The van der Waals surface area contributed by atoms with Crippen molar-refractivity contribution in [1.29, 1.82) is 0 Å². The van der Waals surface area contributed by atoms with Crippen molar-refractivity contribution in [3.8, 4) is 11.3 Å². The average Bonchev–Trinajstić information content (AvgIpc) is 3.18. The highest BCUT2D eigenvalue weighted by atomic mass is 32.2. The fourth-order valence-corrected chi connectivity index (χ4v) is 3.61. The van der Waals surface area contributed by atoms with Gasteiger partial charge >= 0.3 is 0 Å². The molecule has 3 aromatic rings. The summed E-state index contributed by atoms with van der Waals surface area (Å²) in [6, 6.07) is 9.37. The Morgan fingerprint density at radius 3 is 2.50 bits per heavy atom. The summed E-state index contributed by atoms with van der Waals surface area (Å²) in [6.07, 6.45) is 2.13. The van der Waals surface area contributed by atoms with Gasteiger partial charge in [-0.05, 0) is 36.4 Å². The first-order chi connectivity index (χ1) is 10.6. The second-order valence-electron chi connectivity index (χ2n) is 4.29. The van der Waals surface area contributed by atoms with Gasteiger partial charge in [-0.25, -0.2) is 13.4 Å². The Balaban J connectivity index is 1.85. The van der Waals surface area contributed by atoms with Gasteiger partial charge in [-0.1, -0.05) is 0 Å². The summed E-state index contributed by atoms with van der Waals surface area (Å²) in [7, 11) is -3.67. The Kier molecular flexibility index (Phi) is 3.78. The van der Waals surface area contributed by atoms with Crippen LogP contribution in [0.4, 0.5) is 5.13 Å². The zero-order chi connectivity index (χ0) is 15.6. The van der Waals surface area contributed by atoms with E-state index in [1.54, 1.807) is 29.6 Å². The summed E-state index contributed by atoms with van der Waals surface area (Å²) in [5.74, 6) is 0.719. The molecule has 0 aliphatic carbocycles. The van der Waals surface area contributed by atoms with E-state index in [1.807, 2.05) is 0 Å². The quantitative estimate of drug-likeness (QED) is 0.724. The average molecular weight is 334 g/mol. The first-order valence-electron chi connectivity index (χ1n) is 6.16. The largest absolute Gasteiger partial charge is 0.453 e. The van der Waals surface area contributed by atoms with E-state index in [0.717, 1.165) is 0 Å². The number of carbonyl (C=O) groups excluding carboxylic acids is 1. The van der Waals surface area contributed by atoms with Gasteiger partial charge in [-0.15, -0.1) is 11.3 Å². The lowest BCUT2D eigenvalue weighted by atomic mass is 10.2. The Morgan fingerprint density at radius 1 is 1.14 bits per heavy atom. The molecule has 6 nitrogen and oxygen atoms in total. The lowest BCUT2D eigenvalue weighted by Crippen LogP contribution is -2.12. The van der Waals surface area contributed by atoms with E-state index in [0.29, 0.717) is 22.7 Å². The standard InChI is InChI=1S/C14H10N2O4S2/c17-9-11-3-6-13(20-11)10-1-4-12(5-2-10)22(18,19)16-14-15-7-8-21-14/h1-9H,(H,15,16). The van der Waals surface area contributed by atoms with Crippen LogP contribution in [0.1, 0.15) is 10.6 Å². The summed E-state index contributed by atoms with van der Waals surface area (Å²) < 4.78 is 32.1. The number of thiazole rings is 1. The number of benzene rings is 1. The lowest BCUT2D eigenvalue weighted by Gasteiger charge is -2.05. The van der Waals surface area contributed by atoms with E-state index in [4.69, 9.17) is 4.42 Å². The molecule has 0 saturated carbocycles. The molecule has 0 saturated heterocycles. The van der Waals surface area contributed by atoms with Crippen molar-refractivity contribution in [2.75, 3.05) is 4.72 Å². The molecule has 3 rings (SSSR count). The number of aldehydes is 1. The topological polar surface area (TPSA) is 89.3 Å². The molecule has 0 spiro atoms. The number of sulfonamides is 1. The van der Waals surface area contributed by atoms with Crippen LogP contribution in [0.2, 0.25) is 0 Å². The number of furan rings is 1. The van der Waals surface area contributed by atoms with Crippen molar-refractivity contribution < 1.29 is 17.6 Å². The predicted molar refractivity (Wildman–Crippen MR) is 82.5 cm³/mol. The molecule has 0 radical (unpaired) electrons. The van der Waals surface area contributed by atoms with Crippen LogP contribution in [0.15, 0.2) is 57.3 Å². The minimum atomic E-state index is -3.67. The van der Waals surface area contributed by atoms with E-state index < -0.39 is 10.0 Å². The molecule has 0 atom stereocenters. The number of rotatable bonds is 5. The molecule has 1 N–H and O–H groups in total. The molecular formula is C14H10N2O4S2. The van der Waals surface area contributed by atoms with Gasteiger partial charge < -0.3 is 4.42 Å². The third-order valence-corrected chi connectivity index (χ3v) is 5.02. The first-order valence-corrected chi connectivity index (χ1v) is 8.52. The van der Waals surface area contributed by atoms with E-state index in [2.05, 4.69) is 9.71 Å². The van der Waals surface area contributed by atoms with Crippen LogP contribution >= 0.6 is 11.3 Å². The van der Waals surface area contributed by atoms with E-state index in [1.165, 1.54) is 29.7 Å². The zero-order valence-corrected chi connectivity index (χ0v) is 12.7. The van der Waals surface area contributed by atoms with Crippen LogP contribution in [0.25, 0.3) is 11.3 Å². The number of hydrogen-bond acceptors (Lipinski definition) is 6. The normalized spacial score (nSPS) is 11.3. The van der Waals surface area contributed by atoms with Crippen molar-refractivity contribution in [2.45, 2.75) is 4.90 Å². The fourth-order valence-electron chi connectivity index (χ4n) is 1.82. The fraction of sp³-hybridized carbons (Fsp3) is 0. The number of hydrogen-bond donors (Lipinski definition) is 1. The highest BCUT2D eigenvalue weighted by molar-refractivity contribution is 7.93. The maximum absolute atomic E-state index is 12.2. The lowest BCUT2D eigenvalue weighted by molar-refractivity contribution is 0.110. The zero-order valence-electron chi connectivity index (χ0n) is 11.1. The number of carbonyl (C=O) groups is 1. The Labute approximate surface area is 130 Å². The minimum Gasteiger partial charge on any atom is -0.453 e. The molecule has 0 unspecified atom stereocenters. The van der Waals surface area contributed by atoms with Crippen LogP contribution in [0.5, 0.6) is 0 Å². The third kappa shape index (κ3) is 2.92. The van der Waals surface area contributed by atoms with Crippen molar-refractivity contribution in [3.63, 3.8) is 0 Å². The van der Waals surface area contributed by atoms with Crippen molar-refractivity contribution in [3.05, 3.63) is 53.7 Å². The second-order valence-corrected chi connectivity index (χ2v) is 6.86. The van der Waals surface area contributed by atoms with Gasteiger partial charge in [0.25, 0.3) is 10.0 Å². The number of nitrogens with zero attached hydrogens (tertiary/aromatic N) is 1. The van der Waals surface area contributed by atoms with Crippen molar-refractivity contribution in [1.82, 2.24) is 4.98 Å². The molecule has 2 aromatic heterocycles. The van der Waals surface area contributed by atoms with E-state index in [-0.39, 0.29) is 10.7 Å². The number of nitrogens with one attached hydrogen (secondary N) is 1. The van der Waals surface area contributed by atoms with Crippen LogP contribution in [-0.4, -0.2) is 19.7 Å². The maximum atomic E-state index is 12.2. The Morgan fingerprint density at radius 2 is 1.91 bits per heavy atom. The number of anilines is 1. The highest BCUT2D eigenvalue weighted by Crippen LogP contribution is 2.24. The molecule has 0 aliphatic heterocycles. The van der Waals surface area contributed by atoms with Crippen LogP contribution in [0, 0.1) is 0 Å². The van der Waals surface area contributed by atoms with Crippen molar-refractivity contribution >= 4 is 32.8 Å². The molecule has 112 valence electrons. The molecule has 0 bridgehead atoms. The van der Waals surface area contributed by atoms with Gasteiger partial charge in [0.05, 0.1) is 4.90 Å². The van der Waals surface area contributed by atoms with Gasteiger partial charge in [0.15, 0.2) is 17.2 Å². The highest BCUT2D eigenvalue weighted by Gasteiger charge is 2.15. The van der Waals surface area contributed by atoms with E-state index >= 15 is 0 Å². The summed E-state index contributed by atoms with van der Waals surface area (Å²) in [5, 5.41) is 1.99. The monoisotopic (exact) mass is 334 g/mol. The molecule has 2 heterocycles. The summed E-state index contributed by atoms with van der Waals surface area (Å²) in [6.45, 7) is 0.